The number of esters is 1. The third kappa shape index (κ3) is 5.34. The first-order chi connectivity index (χ1) is 14.7. The number of carbonyl (C=O) groups is 2. The zero-order valence-corrected chi connectivity index (χ0v) is 18.9. The van der Waals surface area contributed by atoms with Crippen LogP contribution in [0, 0.1) is 0 Å². The highest BCUT2D eigenvalue weighted by Gasteiger charge is 2.29. The van der Waals surface area contributed by atoms with Crippen molar-refractivity contribution in [3.8, 4) is 0 Å². The number of aromatic nitrogens is 1. The van der Waals surface area contributed by atoms with E-state index in [1.165, 1.54) is 26.7 Å². The molecule has 0 bridgehead atoms. The number of nitrogens with zero attached hydrogens (tertiary/aromatic N) is 2. The van der Waals surface area contributed by atoms with Crippen molar-refractivity contribution >= 4 is 21.9 Å². The van der Waals surface area contributed by atoms with Gasteiger partial charge < -0.3 is 14.6 Å². The lowest BCUT2D eigenvalue weighted by molar-refractivity contribution is -0.124. The molecule has 1 aromatic carbocycles. The first kappa shape index (κ1) is 23.0. The maximum absolute atomic E-state index is 12.7. The van der Waals surface area contributed by atoms with Crippen molar-refractivity contribution in [2.24, 2.45) is 7.05 Å². The van der Waals surface area contributed by atoms with Crippen LogP contribution in [-0.2, 0) is 33.0 Å². The summed E-state index contributed by atoms with van der Waals surface area (Å²) in [6.45, 7) is 4.45. The Morgan fingerprint density at radius 2 is 1.81 bits per heavy atom. The summed E-state index contributed by atoms with van der Waals surface area (Å²) in [7, 11) is -2.06. The molecule has 1 atom stereocenters. The van der Waals surface area contributed by atoms with E-state index >= 15 is 0 Å². The predicted molar refractivity (Wildman–Crippen MR) is 116 cm³/mol. The van der Waals surface area contributed by atoms with E-state index in [9.17, 15) is 18.0 Å². The Kier molecular flexibility index (Phi) is 7.17. The van der Waals surface area contributed by atoms with Gasteiger partial charge in [-0.15, -0.1) is 0 Å². The van der Waals surface area contributed by atoms with Crippen LogP contribution in [0.2, 0.25) is 0 Å². The van der Waals surface area contributed by atoms with Crippen LogP contribution in [0.1, 0.15) is 54.3 Å². The minimum Gasteiger partial charge on any atom is -0.451 e. The molecule has 31 heavy (non-hydrogen) atoms. The molecule has 168 valence electrons. The van der Waals surface area contributed by atoms with E-state index in [4.69, 9.17) is 4.74 Å². The van der Waals surface area contributed by atoms with E-state index in [2.05, 4.69) is 12.2 Å². The molecule has 2 heterocycles. The first-order valence-corrected chi connectivity index (χ1v) is 11.9. The van der Waals surface area contributed by atoms with Crippen molar-refractivity contribution in [3.05, 3.63) is 53.3 Å². The average Bonchev–Trinajstić information content (AvgIpc) is 3.43. The van der Waals surface area contributed by atoms with Gasteiger partial charge >= 0.3 is 5.97 Å². The summed E-state index contributed by atoms with van der Waals surface area (Å²) in [4.78, 5) is 24.7. The summed E-state index contributed by atoms with van der Waals surface area (Å²) in [5.41, 5.74) is 2.25. The highest BCUT2D eigenvalue weighted by molar-refractivity contribution is 7.89. The number of sulfonamides is 1. The van der Waals surface area contributed by atoms with Crippen LogP contribution >= 0.6 is 0 Å². The Hall–Kier alpha value is -2.65. The van der Waals surface area contributed by atoms with Crippen molar-refractivity contribution in [2.75, 3.05) is 19.7 Å². The minimum atomic E-state index is -3.63. The maximum Gasteiger partial charge on any atom is 0.355 e. The van der Waals surface area contributed by atoms with E-state index in [1.807, 2.05) is 31.2 Å². The SMILES string of the molecule is CCc1ccc(C(C)NC(=O)COC(=O)c2cc(S(=O)(=O)N3CCCC3)cn2C)cc1. The summed E-state index contributed by atoms with van der Waals surface area (Å²) in [5.74, 6) is -1.18. The zero-order valence-electron chi connectivity index (χ0n) is 18.1. The number of nitrogens with one attached hydrogen (secondary N) is 1. The highest BCUT2D eigenvalue weighted by Crippen LogP contribution is 2.23. The molecule has 1 aromatic heterocycles. The Morgan fingerprint density at radius 1 is 1.16 bits per heavy atom. The Labute approximate surface area is 183 Å². The monoisotopic (exact) mass is 447 g/mol. The Balaban J connectivity index is 1.57. The molecular weight excluding hydrogens is 418 g/mol. The van der Waals surface area contributed by atoms with Crippen LogP contribution in [0.3, 0.4) is 0 Å². The van der Waals surface area contributed by atoms with E-state index in [-0.39, 0.29) is 16.6 Å². The van der Waals surface area contributed by atoms with Crippen LogP contribution in [-0.4, -0.2) is 48.9 Å². The molecule has 1 unspecified atom stereocenters. The van der Waals surface area contributed by atoms with E-state index in [0.29, 0.717) is 13.1 Å². The van der Waals surface area contributed by atoms with Gasteiger partial charge in [-0.1, -0.05) is 31.2 Å². The molecule has 1 fully saturated rings. The van der Waals surface area contributed by atoms with Crippen molar-refractivity contribution in [2.45, 2.75) is 44.0 Å². The third-order valence-corrected chi connectivity index (χ3v) is 7.36. The van der Waals surface area contributed by atoms with Crippen molar-refractivity contribution in [1.82, 2.24) is 14.2 Å². The molecule has 0 aliphatic carbocycles. The van der Waals surface area contributed by atoms with Crippen molar-refractivity contribution < 1.29 is 22.7 Å². The van der Waals surface area contributed by atoms with E-state index < -0.39 is 28.5 Å². The van der Waals surface area contributed by atoms with Gasteiger partial charge in [0.05, 0.1) is 6.04 Å². The summed E-state index contributed by atoms with van der Waals surface area (Å²) >= 11 is 0. The van der Waals surface area contributed by atoms with Crippen LogP contribution in [0.5, 0.6) is 0 Å². The number of ether oxygens (including phenoxy) is 1. The summed E-state index contributed by atoms with van der Waals surface area (Å²) in [5, 5.41) is 2.80. The summed E-state index contributed by atoms with van der Waals surface area (Å²) < 4.78 is 33.3. The molecule has 2 aromatic rings. The molecule has 1 N–H and O–H groups in total. The van der Waals surface area contributed by atoms with Gasteiger partial charge in [-0.2, -0.15) is 4.31 Å². The lowest BCUT2D eigenvalue weighted by Crippen LogP contribution is -2.31. The molecule has 1 aliphatic rings. The lowest BCUT2D eigenvalue weighted by atomic mass is 10.1. The van der Waals surface area contributed by atoms with E-state index in [1.54, 1.807) is 7.05 Å². The van der Waals surface area contributed by atoms with Gasteiger partial charge in [-0.05, 0) is 43.4 Å². The second kappa shape index (κ2) is 9.65. The summed E-state index contributed by atoms with van der Waals surface area (Å²) in [6.07, 6.45) is 4.00. The average molecular weight is 448 g/mol. The van der Waals surface area contributed by atoms with E-state index in [0.717, 1.165) is 24.8 Å². The Bertz CT molecular complexity index is 1040. The highest BCUT2D eigenvalue weighted by atomic mass is 32.2. The maximum atomic E-state index is 12.7. The molecule has 3 rings (SSSR count). The fourth-order valence-corrected chi connectivity index (χ4v) is 5.16. The number of carbonyl (C=O) groups excluding carboxylic acids is 2. The van der Waals surface area contributed by atoms with Gasteiger partial charge in [0.15, 0.2) is 6.61 Å². The third-order valence-electron chi connectivity index (χ3n) is 5.49. The van der Waals surface area contributed by atoms with Gasteiger partial charge in [-0.3, -0.25) is 4.79 Å². The second-order valence-corrected chi connectivity index (χ2v) is 9.68. The largest absolute Gasteiger partial charge is 0.451 e. The quantitative estimate of drug-likeness (QED) is 0.627. The van der Waals surface area contributed by atoms with Crippen LogP contribution in [0.4, 0.5) is 0 Å². The number of hydrogen-bond acceptors (Lipinski definition) is 5. The van der Waals surface area contributed by atoms with Crippen molar-refractivity contribution in [3.63, 3.8) is 0 Å². The number of hydrogen-bond donors (Lipinski definition) is 1. The minimum absolute atomic E-state index is 0.0532. The number of rotatable bonds is 8. The van der Waals surface area contributed by atoms with Crippen LogP contribution in [0.25, 0.3) is 0 Å². The van der Waals surface area contributed by atoms with Gasteiger partial charge in [0.25, 0.3) is 5.91 Å². The number of benzene rings is 1. The second-order valence-electron chi connectivity index (χ2n) is 7.74. The fraction of sp³-hybridized carbons (Fsp3) is 0.455. The van der Waals surface area contributed by atoms with Gasteiger partial charge in [-0.25, -0.2) is 13.2 Å². The topological polar surface area (TPSA) is 97.7 Å². The normalized spacial score (nSPS) is 15.6. The molecule has 1 amide bonds. The van der Waals surface area contributed by atoms with Gasteiger partial charge in [0, 0.05) is 26.3 Å². The lowest BCUT2D eigenvalue weighted by Gasteiger charge is -2.15. The van der Waals surface area contributed by atoms with Crippen LogP contribution < -0.4 is 5.32 Å². The van der Waals surface area contributed by atoms with Gasteiger partial charge in [0.2, 0.25) is 10.0 Å². The predicted octanol–water partition coefficient (Wildman–Crippen LogP) is 2.41. The molecular formula is C22H29N3O5S. The molecule has 8 nitrogen and oxygen atoms in total. The standard InChI is InChI=1S/C22H29N3O5S/c1-4-17-7-9-18(10-8-17)16(2)23-21(26)15-30-22(27)20-13-19(14-24(20)3)31(28,29)25-11-5-6-12-25/h7-10,13-14,16H,4-6,11-12,15H2,1-3H3,(H,23,26). The zero-order chi connectivity index (χ0) is 22.6. The van der Waals surface area contributed by atoms with Gasteiger partial charge in [0.1, 0.15) is 10.6 Å². The first-order valence-electron chi connectivity index (χ1n) is 10.4. The molecule has 0 saturated carbocycles. The fourth-order valence-electron chi connectivity index (χ4n) is 3.57. The summed E-state index contributed by atoms with van der Waals surface area (Å²) in [6, 6.07) is 9.02. The molecule has 1 aliphatic heterocycles. The van der Waals surface area contributed by atoms with Crippen molar-refractivity contribution in [1.29, 1.82) is 0 Å². The molecule has 1 saturated heterocycles. The number of aryl methyl sites for hydroxylation is 2. The smallest absolute Gasteiger partial charge is 0.355 e. The molecule has 9 heteroatoms. The number of amides is 1. The van der Waals surface area contributed by atoms with Crippen LogP contribution in [0.15, 0.2) is 41.4 Å². The Morgan fingerprint density at radius 3 is 2.42 bits per heavy atom. The molecule has 0 spiro atoms. The molecule has 0 radical (unpaired) electrons.